The average molecular weight is 284 g/mol. The van der Waals surface area contributed by atoms with E-state index in [2.05, 4.69) is 5.32 Å². The molecule has 1 saturated heterocycles. The van der Waals surface area contributed by atoms with Gasteiger partial charge in [-0.3, -0.25) is 14.4 Å². The number of carbonyl (C=O) groups is 3. The second-order valence-electron chi connectivity index (χ2n) is 6.14. The van der Waals surface area contributed by atoms with Crippen molar-refractivity contribution in [3.8, 4) is 0 Å². The van der Waals surface area contributed by atoms with E-state index in [1.165, 1.54) is 0 Å². The number of hydrogen-bond donors (Lipinski definition) is 2. The fourth-order valence-electron chi connectivity index (χ4n) is 2.14. The van der Waals surface area contributed by atoms with E-state index in [9.17, 15) is 14.4 Å². The molecule has 1 fully saturated rings. The van der Waals surface area contributed by atoms with E-state index in [0.29, 0.717) is 6.42 Å². The number of ether oxygens (including phenoxy) is 1. The van der Waals surface area contributed by atoms with Crippen LogP contribution in [0.5, 0.6) is 0 Å². The number of hydrogen-bond acceptors (Lipinski definition) is 4. The van der Waals surface area contributed by atoms with Gasteiger partial charge in [0.25, 0.3) is 0 Å². The van der Waals surface area contributed by atoms with Crippen molar-refractivity contribution in [2.24, 2.45) is 17.1 Å². The van der Waals surface area contributed by atoms with Gasteiger partial charge in [0, 0.05) is 12.3 Å². The zero-order valence-electron chi connectivity index (χ0n) is 12.6. The van der Waals surface area contributed by atoms with E-state index in [1.807, 2.05) is 13.8 Å². The monoisotopic (exact) mass is 284 g/mol. The molecule has 3 N–H and O–H groups in total. The van der Waals surface area contributed by atoms with E-state index in [0.717, 1.165) is 0 Å². The predicted molar refractivity (Wildman–Crippen MR) is 73.7 cm³/mol. The minimum Gasteiger partial charge on any atom is -0.369 e. The lowest BCUT2D eigenvalue weighted by molar-refractivity contribution is -0.128. The maximum atomic E-state index is 11.9. The number of ketones is 1. The van der Waals surface area contributed by atoms with Crippen LogP contribution in [0.2, 0.25) is 0 Å². The molecule has 2 amide bonds. The van der Waals surface area contributed by atoms with Crippen LogP contribution < -0.4 is 11.1 Å². The molecule has 0 bridgehead atoms. The molecule has 6 nitrogen and oxygen atoms in total. The summed E-state index contributed by atoms with van der Waals surface area (Å²) in [6.07, 6.45) is 0.490. The largest absolute Gasteiger partial charge is 0.369 e. The number of carbonyl (C=O) groups excluding carboxylic acids is 3. The first kappa shape index (κ1) is 16.6. The quantitative estimate of drug-likeness (QED) is 0.737. The zero-order chi connectivity index (χ0) is 15.5. The molecule has 1 heterocycles. The summed E-state index contributed by atoms with van der Waals surface area (Å²) in [4.78, 5) is 34.6. The average Bonchev–Trinajstić information content (AvgIpc) is 2.67. The molecule has 0 saturated carbocycles. The minimum atomic E-state index is -0.556. The van der Waals surface area contributed by atoms with Crippen LogP contribution in [0.15, 0.2) is 0 Å². The maximum absolute atomic E-state index is 11.9. The van der Waals surface area contributed by atoms with Crippen LogP contribution in [0.25, 0.3) is 0 Å². The van der Waals surface area contributed by atoms with Crippen molar-refractivity contribution in [1.29, 1.82) is 0 Å². The van der Waals surface area contributed by atoms with Crippen LogP contribution in [-0.2, 0) is 19.1 Å². The molecule has 1 rings (SSSR count). The topological polar surface area (TPSA) is 98.5 Å². The molecule has 0 aromatic carbocycles. The molecule has 1 aliphatic rings. The van der Waals surface area contributed by atoms with Gasteiger partial charge in [-0.05, 0) is 18.8 Å². The molecule has 3 atom stereocenters. The van der Waals surface area contributed by atoms with Gasteiger partial charge in [-0.25, -0.2) is 0 Å². The summed E-state index contributed by atoms with van der Waals surface area (Å²) in [5.41, 5.74) is 4.94. The van der Waals surface area contributed by atoms with Crippen LogP contribution in [0.4, 0.5) is 0 Å². The van der Waals surface area contributed by atoms with Gasteiger partial charge in [0.2, 0.25) is 11.8 Å². The zero-order valence-corrected chi connectivity index (χ0v) is 12.6. The number of Topliss-reactive ketones (excluding diaryl/α,β-unsaturated/α-hetero) is 1. The highest BCUT2D eigenvalue weighted by Gasteiger charge is 2.35. The van der Waals surface area contributed by atoms with Crippen LogP contribution >= 0.6 is 0 Å². The Bertz CT molecular complexity index is 406. The lowest BCUT2D eigenvalue weighted by Crippen LogP contribution is -2.44. The van der Waals surface area contributed by atoms with Crippen molar-refractivity contribution in [2.45, 2.75) is 52.7 Å². The summed E-state index contributed by atoms with van der Waals surface area (Å²) in [5.74, 6) is -0.991. The van der Waals surface area contributed by atoms with Gasteiger partial charge < -0.3 is 15.8 Å². The summed E-state index contributed by atoms with van der Waals surface area (Å²) in [5, 5.41) is 2.69. The second-order valence-corrected chi connectivity index (χ2v) is 6.14. The standard InChI is InChI=1S/C14H24N2O4/c1-8(13(15)19)14(3,4)6-5-11(18)16-12-9(2)20-7-10(12)17/h8-9,12H,5-7H2,1-4H3,(H2,15,19)(H,16,18)/t8?,9-,12-/m0/s1. The van der Waals surface area contributed by atoms with Crippen LogP contribution in [0, 0.1) is 11.3 Å². The summed E-state index contributed by atoms with van der Waals surface area (Å²) >= 11 is 0. The van der Waals surface area contributed by atoms with E-state index >= 15 is 0 Å². The van der Waals surface area contributed by atoms with Gasteiger partial charge in [0.1, 0.15) is 12.6 Å². The first-order chi connectivity index (χ1) is 9.15. The Labute approximate surface area is 119 Å². The van der Waals surface area contributed by atoms with E-state index in [1.54, 1.807) is 13.8 Å². The van der Waals surface area contributed by atoms with Gasteiger partial charge in [-0.15, -0.1) is 0 Å². The summed E-state index contributed by atoms with van der Waals surface area (Å²) < 4.78 is 5.17. The fraction of sp³-hybridized carbons (Fsp3) is 0.786. The molecular weight excluding hydrogens is 260 g/mol. The van der Waals surface area contributed by atoms with E-state index in [4.69, 9.17) is 10.5 Å². The van der Waals surface area contributed by atoms with Gasteiger partial charge in [-0.2, -0.15) is 0 Å². The molecule has 114 valence electrons. The van der Waals surface area contributed by atoms with Gasteiger partial charge in [0.05, 0.1) is 6.10 Å². The SMILES string of the molecule is CC(C(N)=O)C(C)(C)CCC(=O)N[C@@H]1C(=O)CO[C@H]1C. The summed E-state index contributed by atoms with van der Waals surface area (Å²) in [6, 6.07) is -0.556. The minimum absolute atomic E-state index is 0.0519. The van der Waals surface area contributed by atoms with Gasteiger partial charge in [0.15, 0.2) is 5.78 Å². The van der Waals surface area contributed by atoms with Crippen LogP contribution in [0.1, 0.15) is 40.5 Å². The summed E-state index contributed by atoms with van der Waals surface area (Å²) in [7, 11) is 0. The highest BCUT2D eigenvalue weighted by Crippen LogP contribution is 2.31. The number of primary amides is 1. The molecule has 0 spiro atoms. The van der Waals surface area contributed by atoms with Gasteiger partial charge in [-0.1, -0.05) is 20.8 Å². The molecule has 1 aliphatic heterocycles. The molecule has 0 aromatic rings. The second kappa shape index (κ2) is 6.35. The predicted octanol–water partition coefficient (Wildman–Crippen LogP) is 0.387. The highest BCUT2D eigenvalue weighted by atomic mass is 16.5. The Morgan fingerprint density at radius 3 is 2.55 bits per heavy atom. The van der Waals surface area contributed by atoms with Crippen molar-refractivity contribution in [2.75, 3.05) is 6.61 Å². The van der Waals surface area contributed by atoms with Crippen molar-refractivity contribution in [3.63, 3.8) is 0 Å². The third-order valence-corrected chi connectivity index (χ3v) is 4.22. The number of amides is 2. The smallest absolute Gasteiger partial charge is 0.220 e. The molecule has 0 aliphatic carbocycles. The number of nitrogens with two attached hydrogens (primary N) is 1. The van der Waals surface area contributed by atoms with Crippen molar-refractivity contribution in [3.05, 3.63) is 0 Å². The molecule has 6 heteroatoms. The maximum Gasteiger partial charge on any atom is 0.220 e. The normalized spacial score (nSPS) is 24.5. The van der Waals surface area contributed by atoms with Crippen LogP contribution in [0.3, 0.4) is 0 Å². The van der Waals surface area contributed by atoms with Crippen molar-refractivity contribution in [1.82, 2.24) is 5.32 Å². The number of nitrogens with one attached hydrogen (secondary N) is 1. The van der Waals surface area contributed by atoms with Crippen molar-refractivity contribution >= 4 is 17.6 Å². The molecule has 0 aromatic heterocycles. The molecule has 20 heavy (non-hydrogen) atoms. The Kier molecular flexibility index (Phi) is 5.28. The number of rotatable bonds is 6. The lowest BCUT2D eigenvalue weighted by Gasteiger charge is -2.29. The Morgan fingerprint density at radius 1 is 1.50 bits per heavy atom. The third-order valence-electron chi connectivity index (χ3n) is 4.22. The molecular formula is C14H24N2O4. The van der Waals surface area contributed by atoms with Crippen molar-refractivity contribution < 1.29 is 19.1 Å². The fourth-order valence-corrected chi connectivity index (χ4v) is 2.14. The molecule has 0 radical (unpaired) electrons. The summed E-state index contributed by atoms with van der Waals surface area (Å²) in [6.45, 7) is 7.38. The van der Waals surface area contributed by atoms with Gasteiger partial charge >= 0.3 is 0 Å². The molecule has 1 unspecified atom stereocenters. The third kappa shape index (κ3) is 4.03. The van der Waals surface area contributed by atoms with E-state index in [-0.39, 0.29) is 48.1 Å². The Balaban J connectivity index is 2.47. The first-order valence-corrected chi connectivity index (χ1v) is 6.88. The van der Waals surface area contributed by atoms with Crippen LogP contribution in [-0.4, -0.2) is 36.4 Å². The highest BCUT2D eigenvalue weighted by molar-refractivity contribution is 5.91. The Hall–Kier alpha value is -1.43. The Morgan fingerprint density at radius 2 is 2.10 bits per heavy atom. The lowest BCUT2D eigenvalue weighted by atomic mass is 9.76. The van der Waals surface area contributed by atoms with E-state index < -0.39 is 6.04 Å². The first-order valence-electron chi connectivity index (χ1n) is 6.88.